The average molecular weight is 330 g/mol. The van der Waals surface area contributed by atoms with E-state index in [9.17, 15) is 19.8 Å². The summed E-state index contributed by atoms with van der Waals surface area (Å²) in [5.74, 6) is -1.20. The number of rotatable bonds is 1. The van der Waals surface area contributed by atoms with Gasteiger partial charge in [0.05, 0.1) is 24.0 Å². The molecule has 0 unspecified atom stereocenters. The lowest BCUT2D eigenvalue weighted by Gasteiger charge is -2.35. The van der Waals surface area contributed by atoms with Gasteiger partial charge in [-0.3, -0.25) is 9.59 Å². The fourth-order valence-electron chi connectivity index (χ4n) is 2.90. The summed E-state index contributed by atoms with van der Waals surface area (Å²) in [5, 5.41) is 19.1. The maximum Gasteiger partial charge on any atom is 0.311 e. The van der Waals surface area contributed by atoms with Crippen LogP contribution >= 0.6 is 0 Å². The van der Waals surface area contributed by atoms with Crippen molar-refractivity contribution in [1.82, 2.24) is 0 Å². The molecule has 134 valence electrons. The lowest BCUT2D eigenvalue weighted by atomic mass is 9.85. The van der Waals surface area contributed by atoms with Gasteiger partial charge in [-0.1, -0.05) is 20.8 Å². The van der Waals surface area contributed by atoms with Gasteiger partial charge in [0.2, 0.25) is 0 Å². The van der Waals surface area contributed by atoms with Crippen LogP contribution in [0.1, 0.15) is 48.0 Å². The highest BCUT2D eigenvalue weighted by Gasteiger charge is 2.39. The molecule has 2 N–H and O–H groups in total. The zero-order chi connectivity index (χ0) is 17.9. The summed E-state index contributed by atoms with van der Waals surface area (Å²) >= 11 is 0. The van der Waals surface area contributed by atoms with Crippen LogP contribution < -0.4 is 0 Å². The van der Waals surface area contributed by atoms with Crippen molar-refractivity contribution < 1.29 is 29.3 Å². The van der Waals surface area contributed by atoms with Gasteiger partial charge in [-0.15, -0.1) is 0 Å². The summed E-state index contributed by atoms with van der Waals surface area (Å²) in [7, 11) is 0. The summed E-state index contributed by atoms with van der Waals surface area (Å²) < 4.78 is 10.1. The zero-order valence-corrected chi connectivity index (χ0v) is 14.9. The van der Waals surface area contributed by atoms with E-state index in [2.05, 4.69) is 0 Å². The summed E-state index contributed by atoms with van der Waals surface area (Å²) in [5.41, 5.74) is 0. The van der Waals surface area contributed by atoms with E-state index in [1.165, 1.54) is 0 Å². The highest BCUT2D eigenvalue weighted by Crippen LogP contribution is 2.27. The highest BCUT2D eigenvalue weighted by molar-refractivity contribution is 5.74. The molecule has 2 aliphatic rings. The Morgan fingerprint density at radius 3 is 1.74 bits per heavy atom. The van der Waals surface area contributed by atoms with Gasteiger partial charge >= 0.3 is 11.9 Å². The van der Waals surface area contributed by atoms with Crippen molar-refractivity contribution in [2.45, 2.75) is 72.4 Å². The van der Waals surface area contributed by atoms with Crippen LogP contribution in [0.3, 0.4) is 0 Å². The number of esters is 2. The van der Waals surface area contributed by atoms with Crippen molar-refractivity contribution in [3.05, 3.63) is 0 Å². The fraction of sp³-hybridized carbons (Fsp3) is 0.882. The van der Waals surface area contributed by atoms with Gasteiger partial charge < -0.3 is 19.7 Å². The molecule has 6 heteroatoms. The number of aliphatic hydroxyl groups is 2. The Labute approximate surface area is 138 Å². The van der Waals surface area contributed by atoms with E-state index in [1.807, 2.05) is 20.8 Å². The van der Waals surface area contributed by atoms with Crippen molar-refractivity contribution in [2.75, 3.05) is 0 Å². The van der Waals surface area contributed by atoms with Crippen LogP contribution in [0.25, 0.3) is 0 Å². The second kappa shape index (κ2) is 8.11. The predicted octanol–water partition coefficient (Wildman–Crippen LogP) is 1.52. The quantitative estimate of drug-likeness (QED) is 0.708. The molecule has 0 amide bonds. The third kappa shape index (κ3) is 4.44. The van der Waals surface area contributed by atoms with E-state index in [4.69, 9.17) is 9.47 Å². The molecule has 2 heterocycles. The average Bonchev–Trinajstić information content (AvgIpc) is 2.53. The fourth-order valence-corrected chi connectivity index (χ4v) is 2.90. The molecule has 23 heavy (non-hydrogen) atoms. The normalized spacial score (nSPS) is 43.8. The van der Waals surface area contributed by atoms with Gasteiger partial charge in [0, 0.05) is 11.8 Å². The van der Waals surface area contributed by atoms with Gasteiger partial charge in [-0.25, -0.2) is 0 Å². The smallest absolute Gasteiger partial charge is 0.311 e. The maximum absolute atomic E-state index is 11.1. The monoisotopic (exact) mass is 330 g/mol. The first-order valence-corrected chi connectivity index (χ1v) is 8.38. The molecule has 0 bridgehead atoms. The minimum atomic E-state index is -0.550. The third-order valence-corrected chi connectivity index (χ3v) is 5.14. The molecular formula is C17H30O6. The number of aliphatic hydroxyl groups excluding tert-OH is 2. The molecule has 0 aromatic rings. The number of hydrogen-bond acceptors (Lipinski definition) is 6. The van der Waals surface area contributed by atoms with Crippen LogP contribution in [0.15, 0.2) is 0 Å². The van der Waals surface area contributed by atoms with Gasteiger partial charge in [0.1, 0.15) is 12.2 Å². The molecule has 0 aliphatic carbocycles. The summed E-state index contributed by atoms with van der Waals surface area (Å²) in [4.78, 5) is 22.1. The van der Waals surface area contributed by atoms with Crippen LogP contribution in [0.2, 0.25) is 0 Å². The Morgan fingerprint density at radius 2 is 1.26 bits per heavy atom. The van der Waals surface area contributed by atoms with Crippen LogP contribution in [0, 0.1) is 23.7 Å². The molecule has 0 spiro atoms. The van der Waals surface area contributed by atoms with Gasteiger partial charge in [-0.05, 0) is 27.2 Å². The van der Waals surface area contributed by atoms with Crippen LogP contribution in [0.4, 0.5) is 0 Å². The summed E-state index contributed by atoms with van der Waals surface area (Å²) in [6.07, 6.45) is -0.587. The van der Waals surface area contributed by atoms with Crippen molar-refractivity contribution in [2.24, 2.45) is 23.7 Å². The Bertz CT molecular complexity index is 421. The molecule has 0 aromatic carbocycles. The number of cyclic esters (lactones) is 2. The minimum Gasteiger partial charge on any atom is -0.462 e. The van der Waals surface area contributed by atoms with E-state index in [0.29, 0.717) is 0 Å². The van der Waals surface area contributed by atoms with E-state index < -0.39 is 12.2 Å². The lowest BCUT2D eigenvalue weighted by molar-refractivity contribution is -0.177. The molecule has 0 saturated carbocycles. The first kappa shape index (κ1) is 19.9. The molecule has 0 aromatic heterocycles. The second-order valence-electron chi connectivity index (χ2n) is 6.80. The maximum atomic E-state index is 11.1. The Balaban J connectivity index is 0.000000231. The van der Waals surface area contributed by atoms with Crippen LogP contribution in [-0.2, 0) is 19.1 Å². The molecule has 2 fully saturated rings. The van der Waals surface area contributed by atoms with Crippen molar-refractivity contribution in [1.29, 1.82) is 0 Å². The largest absolute Gasteiger partial charge is 0.462 e. The first-order valence-electron chi connectivity index (χ1n) is 8.38. The van der Waals surface area contributed by atoms with Crippen LogP contribution in [-0.4, -0.2) is 46.6 Å². The van der Waals surface area contributed by atoms with E-state index in [0.717, 1.165) is 6.42 Å². The van der Waals surface area contributed by atoms with Gasteiger partial charge in [0.15, 0.2) is 0 Å². The number of hydrogen-bond donors (Lipinski definition) is 2. The topological polar surface area (TPSA) is 93.1 Å². The zero-order valence-electron chi connectivity index (χ0n) is 14.9. The van der Waals surface area contributed by atoms with E-state index in [1.54, 1.807) is 20.8 Å². The number of carbonyl (C=O) groups is 2. The van der Waals surface area contributed by atoms with E-state index >= 15 is 0 Å². The second-order valence-corrected chi connectivity index (χ2v) is 6.80. The van der Waals surface area contributed by atoms with Crippen LogP contribution in [0.5, 0.6) is 0 Å². The first-order chi connectivity index (χ1) is 10.6. The van der Waals surface area contributed by atoms with Crippen molar-refractivity contribution in [3.63, 3.8) is 0 Å². The molecule has 2 saturated heterocycles. The van der Waals surface area contributed by atoms with Gasteiger partial charge in [-0.2, -0.15) is 0 Å². The Hall–Kier alpha value is -1.14. The number of carbonyl (C=O) groups excluding carboxylic acids is 2. The highest BCUT2D eigenvalue weighted by atomic mass is 16.6. The van der Waals surface area contributed by atoms with Gasteiger partial charge in [0.25, 0.3) is 0 Å². The molecule has 2 rings (SSSR count). The van der Waals surface area contributed by atoms with E-state index in [-0.39, 0.29) is 47.8 Å². The predicted molar refractivity (Wildman–Crippen MR) is 84.4 cm³/mol. The minimum absolute atomic E-state index is 0.0442. The Morgan fingerprint density at radius 1 is 0.826 bits per heavy atom. The lowest BCUT2D eigenvalue weighted by Crippen LogP contribution is -2.46. The summed E-state index contributed by atoms with van der Waals surface area (Å²) in [6, 6.07) is 0. The SMILES string of the molecule is CC[C@H]1OC(=O)[C@H](C)[C@H](O)[C@H]1C.C[C@@H]1[C@@H](O)[C@@H](C)C(=O)O[C@@H]1C. The molecule has 2 aliphatic heterocycles. The Kier molecular flexibility index (Phi) is 7.02. The molecule has 8 atom stereocenters. The standard InChI is InChI=1S/C9H16O3.C8H14O3/c1-4-7-5(2)8(10)6(3)9(11)12-7;1-4-6(3)11-8(10)5(2)7(4)9/h5-8,10H,4H2,1-3H3;4-7,9H,1-3H3/t5-,6+,7+,8+;4-,5+,6+,7+/m00/s1. The summed E-state index contributed by atoms with van der Waals surface area (Å²) in [6.45, 7) is 11.0. The molecular weight excluding hydrogens is 300 g/mol. The molecule has 0 radical (unpaired) electrons. The molecule has 6 nitrogen and oxygen atoms in total. The van der Waals surface area contributed by atoms with Crippen molar-refractivity contribution >= 4 is 11.9 Å². The third-order valence-electron chi connectivity index (χ3n) is 5.14. The number of ether oxygens (including phenoxy) is 2. The van der Waals surface area contributed by atoms with Crippen molar-refractivity contribution in [3.8, 4) is 0 Å².